The smallest absolute Gasteiger partial charge is 0.144 e. The van der Waals surface area contributed by atoms with Crippen LogP contribution < -0.4 is 5.32 Å². The van der Waals surface area contributed by atoms with Crippen LogP contribution in [0.2, 0.25) is 0 Å². The lowest BCUT2D eigenvalue weighted by Gasteiger charge is -2.24. The van der Waals surface area contributed by atoms with Crippen molar-refractivity contribution >= 4 is 21.7 Å². The van der Waals surface area contributed by atoms with Gasteiger partial charge >= 0.3 is 0 Å². The summed E-state index contributed by atoms with van der Waals surface area (Å²) in [5.74, 6) is 2.14. The summed E-state index contributed by atoms with van der Waals surface area (Å²) in [5.41, 5.74) is 2.84. The molecule has 20 heavy (non-hydrogen) atoms. The number of aryl methyl sites for hydroxylation is 1. The Morgan fingerprint density at radius 1 is 1.35 bits per heavy atom. The minimum atomic E-state index is 0.324. The quantitative estimate of drug-likeness (QED) is 0.918. The molecule has 3 rings (SSSR count). The average Bonchev–Trinajstić information content (AvgIpc) is 2.49. The number of fused-ring (bicyclic) bond motifs is 1. The van der Waals surface area contributed by atoms with Crippen molar-refractivity contribution in [2.24, 2.45) is 0 Å². The highest BCUT2D eigenvalue weighted by molar-refractivity contribution is 9.10. The highest BCUT2D eigenvalue weighted by Gasteiger charge is 2.24. The SMILES string of the molecule is CCNc1nc(C2CCCc3ccccc32)ncc1Br. The van der Waals surface area contributed by atoms with E-state index in [0.717, 1.165) is 29.1 Å². The first kappa shape index (κ1) is 13.6. The molecule has 2 aromatic rings. The van der Waals surface area contributed by atoms with Crippen molar-refractivity contribution in [3.63, 3.8) is 0 Å². The molecule has 3 nitrogen and oxygen atoms in total. The molecule has 0 aliphatic heterocycles. The Labute approximate surface area is 128 Å². The number of benzene rings is 1. The second-order valence-corrected chi connectivity index (χ2v) is 5.95. The summed E-state index contributed by atoms with van der Waals surface area (Å²) in [7, 11) is 0. The van der Waals surface area contributed by atoms with E-state index in [1.54, 1.807) is 0 Å². The van der Waals surface area contributed by atoms with Gasteiger partial charge in [0.1, 0.15) is 11.6 Å². The molecule has 0 fully saturated rings. The highest BCUT2D eigenvalue weighted by atomic mass is 79.9. The summed E-state index contributed by atoms with van der Waals surface area (Å²) in [6, 6.07) is 8.68. The van der Waals surface area contributed by atoms with E-state index in [1.165, 1.54) is 24.0 Å². The molecular formula is C16H18BrN3. The molecule has 0 amide bonds. The predicted octanol–water partition coefficient (Wildman–Crippen LogP) is 4.14. The number of hydrogen-bond donors (Lipinski definition) is 1. The summed E-state index contributed by atoms with van der Waals surface area (Å²) < 4.78 is 0.923. The summed E-state index contributed by atoms with van der Waals surface area (Å²) in [6.45, 7) is 2.93. The number of rotatable bonds is 3. The minimum Gasteiger partial charge on any atom is -0.369 e. The van der Waals surface area contributed by atoms with Crippen molar-refractivity contribution in [1.82, 2.24) is 9.97 Å². The summed E-state index contributed by atoms with van der Waals surface area (Å²) >= 11 is 3.50. The van der Waals surface area contributed by atoms with E-state index >= 15 is 0 Å². The molecule has 0 spiro atoms. The molecule has 0 saturated heterocycles. The van der Waals surface area contributed by atoms with Crippen LogP contribution in [0.4, 0.5) is 5.82 Å². The number of halogens is 1. The first-order valence-electron chi connectivity index (χ1n) is 7.13. The van der Waals surface area contributed by atoms with Crippen LogP contribution in [0.1, 0.15) is 42.6 Å². The lowest BCUT2D eigenvalue weighted by molar-refractivity contribution is 0.590. The van der Waals surface area contributed by atoms with Crippen molar-refractivity contribution in [2.45, 2.75) is 32.1 Å². The van der Waals surface area contributed by atoms with Gasteiger partial charge in [-0.3, -0.25) is 0 Å². The number of nitrogens with zero attached hydrogens (tertiary/aromatic N) is 2. The molecule has 0 radical (unpaired) electrons. The Kier molecular flexibility index (Phi) is 4.01. The maximum atomic E-state index is 4.72. The average molecular weight is 332 g/mol. The molecule has 1 unspecified atom stereocenters. The number of anilines is 1. The lowest BCUT2D eigenvalue weighted by Crippen LogP contribution is -2.15. The van der Waals surface area contributed by atoms with Gasteiger partial charge in [0.25, 0.3) is 0 Å². The fraction of sp³-hybridized carbons (Fsp3) is 0.375. The van der Waals surface area contributed by atoms with E-state index in [-0.39, 0.29) is 0 Å². The Morgan fingerprint density at radius 2 is 2.20 bits per heavy atom. The first-order valence-corrected chi connectivity index (χ1v) is 7.93. The third-order valence-electron chi connectivity index (χ3n) is 3.79. The molecule has 1 atom stereocenters. The fourth-order valence-electron chi connectivity index (χ4n) is 2.86. The molecule has 1 aliphatic rings. The largest absolute Gasteiger partial charge is 0.369 e. The molecule has 4 heteroatoms. The van der Waals surface area contributed by atoms with Gasteiger partial charge in [-0.2, -0.15) is 0 Å². The zero-order valence-corrected chi connectivity index (χ0v) is 13.2. The van der Waals surface area contributed by atoms with Crippen LogP contribution in [0, 0.1) is 0 Å². The first-order chi connectivity index (χ1) is 9.79. The second-order valence-electron chi connectivity index (χ2n) is 5.10. The third kappa shape index (κ3) is 2.57. The van der Waals surface area contributed by atoms with Crippen molar-refractivity contribution in [2.75, 3.05) is 11.9 Å². The zero-order chi connectivity index (χ0) is 13.9. The molecule has 0 saturated carbocycles. The van der Waals surface area contributed by atoms with E-state index in [4.69, 9.17) is 4.98 Å². The number of hydrogen-bond acceptors (Lipinski definition) is 3. The van der Waals surface area contributed by atoms with Gasteiger partial charge in [0.05, 0.1) is 4.47 Å². The summed E-state index contributed by atoms with van der Waals surface area (Å²) in [4.78, 5) is 9.26. The Morgan fingerprint density at radius 3 is 3.05 bits per heavy atom. The molecular weight excluding hydrogens is 314 g/mol. The third-order valence-corrected chi connectivity index (χ3v) is 4.37. The van der Waals surface area contributed by atoms with Crippen molar-refractivity contribution in [3.05, 3.63) is 51.9 Å². The van der Waals surface area contributed by atoms with Gasteiger partial charge in [0, 0.05) is 18.7 Å². The van der Waals surface area contributed by atoms with Gasteiger partial charge in [-0.25, -0.2) is 9.97 Å². The van der Waals surface area contributed by atoms with Crippen molar-refractivity contribution in [3.8, 4) is 0 Å². The zero-order valence-electron chi connectivity index (χ0n) is 11.6. The second kappa shape index (κ2) is 5.92. The van der Waals surface area contributed by atoms with E-state index in [0.29, 0.717) is 5.92 Å². The van der Waals surface area contributed by atoms with Crippen LogP contribution in [0.5, 0.6) is 0 Å². The number of nitrogens with one attached hydrogen (secondary N) is 1. The monoisotopic (exact) mass is 331 g/mol. The van der Waals surface area contributed by atoms with Gasteiger partial charge < -0.3 is 5.32 Å². The Balaban J connectivity index is 2.00. The Hall–Kier alpha value is -1.42. The van der Waals surface area contributed by atoms with Crippen LogP contribution >= 0.6 is 15.9 Å². The van der Waals surface area contributed by atoms with Gasteiger partial charge in [0.15, 0.2) is 0 Å². The normalized spacial score (nSPS) is 17.6. The van der Waals surface area contributed by atoms with Crippen molar-refractivity contribution in [1.29, 1.82) is 0 Å². The standard InChI is InChI=1S/C16H18BrN3/c1-2-18-16-14(17)10-19-15(20-16)13-9-5-7-11-6-3-4-8-12(11)13/h3-4,6,8,10,13H,2,5,7,9H2,1H3,(H,18,19,20). The van der Waals surface area contributed by atoms with Gasteiger partial charge in [-0.05, 0) is 53.2 Å². The topological polar surface area (TPSA) is 37.8 Å². The lowest BCUT2D eigenvalue weighted by atomic mass is 9.82. The number of aromatic nitrogens is 2. The van der Waals surface area contributed by atoms with Crippen molar-refractivity contribution < 1.29 is 0 Å². The molecule has 1 aromatic heterocycles. The van der Waals surface area contributed by atoms with Crippen LogP contribution in [-0.4, -0.2) is 16.5 Å². The minimum absolute atomic E-state index is 0.324. The van der Waals surface area contributed by atoms with Crippen LogP contribution in [0.3, 0.4) is 0 Å². The molecule has 104 valence electrons. The summed E-state index contributed by atoms with van der Waals surface area (Å²) in [6.07, 6.45) is 5.36. The van der Waals surface area contributed by atoms with Gasteiger partial charge in [-0.15, -0.1) is 0 Å². The van der Waals surface area contributed by atoms with Gasteiger partial charge in [0.2, 0.25) is 0 Å². The van der Waals surface area contributed by atoms with Crippen LogP contribution in [0.25, 0.3) is 0 Å². The van der Waals surface area contributed by atoms with E-state index < -0.39 is 0 Å². The van der Waals surface area contributed by atoms with Gasteiger partial charge in [-0.1, -0.05) is 24.3 Å². The molecule has 1 N–H and O–H groups in total. The molecule has 1 aliphatic carbocycles. The maximum absolute atomic E-state index is 4.72. The molecule has 0 bridgehead atoms. The Bertz CT molecular complexity index is 612. The van der Waals surface area contributed by atoms with Crippen LogP contribution in [0.15, 0.2) is 34.9 Å². The fourth-order valence-corrected chi connectivity index (χ4v) is 3.19. The maximum Gasteiger partial charge on any atom is 0.144 e. The van der Waals surface area contributed by atoms with E-state index in [2.05, 4.69) is 57.4 Å². The summed E-state index contributed by atoms with van der Waals surface area (Å²) in [5, 5.41) is 3.28. The van der Waals surface area contributed by atoms with E-state index in [1.807, 2.05) is 6.20 Å². The van der Waals surface area contributed by atoms with Crippen LogP contribution in [-0.2, 0) is 6.42 Å². The highest BCUT2D eigenvalue weighted by Crippen LogP contribution is 2.35. The molecule has 1 aromatic carbocycles. The predicted molar refractivity (Wildman–Crippen MR) is 85.1 cm³/mol. The van der Waals surface area contributed by atoms with E-state index in [9.17, 15) is 0 Å². The molecule has 1 heterocycles.